The Labute approximate surface area is 104 Å². The van der Waals surface area contributed by atoms with Crippen LogP contribution in [0.2, 0.25) is 0 Å². The van der Waals surface area contributed by atoms with E-state index in [-0.39, 0.29) is 16.0 Å². The van der Waals surface area contributed by atoms with E-state index in [9.17, 15) is 10.1 Å². The predicted molar refractivity (Wildman–Crippen MR) is 62.3 cm³/mol. The van der Waals surface area contributed by atoms with Crippen LogP contribution in [0.4, 0.5) is 5.69 Å². The molecule has 0 spiro atoms. The highest BCUT2D eigenvalue weighted by Gasteiger charge is 2.19. The second-order valence-corrected chi connectivity index (χ2v) is 3.78. The summed E-state index contributed by atoms with van der Waals surface area (Å²) in [4.78, 5) is 14.3. The maximum atomic E-state index is 10.7. The molecule has 0 fully saturated rings. The molecule has 0 aromatic carbocycles. The van der Waals surface area contributed by atoms with Crippen LogP contribution in [-0.2, 0) is 0 Å². The number of halogens is 1. The van der Waals surface area contributed by atoms with Crippen molar-refractivity contribution in [3.63, 3.8) is 0 Å². The van der Waals surface area contributed by atoms with Crippen LogP contribution in [0, 0.1) is 10.1 Å². The quantitative estimate of drug-likeness (QED) is 0.491. The second-order valence-electron chi connectivity index (χ2n) is 3.03. The zero-order chi connectivity index (χ0) is 12.4. The first-order valence-electron chi connectivity index (χ1n) is 4.52. The fraction of sp³-hybridized carbons (Fsp3) is 0.111. The van der Waals surface area contributed by atoms with E-state index >= 15 is 0 Å². The first kappa shape index (κ1) is 11.5. The van der Waals surface area contributed by atoms with E-state index in [2.05, 4.69) is 26.0 Å². The summed E-state index contributed by atoms with van der Waals surface area (Å²) in [7, 11) is 1.42. The molecule has 0 aliphatic heterocycles. The Morgan fingerprint density at radius 3 is 2.88 bits per heavy atom. The number of hydrogen-bond donors (Lipinski definition) is 0. The molecule has 0 aliphatic carbocycles. The summed E-state index contributed by atoms with van der Waals surface area (Å²) in [5.41, 5.74) is -0.155. The van der Waals surface area contributed by atoms with Crippen LogP contribution in [0.1, 0.15) is 0 Å². The first-order chi connectivity index (χ1) is 8.13. The topological polar surface area (TPSA) is 83.1 Å². The number of pyridine rings is 1. The molecule has 0 unspecified atom stereocenters. The van der Waals surface area contributed by atoms with E-state index in [1.807, 2.05) is 0 Å². The molecule has 2 aromatic rings. The van der Waals surface area contributed by atoms with Crippen molar-refractivity contribution in [3.8, 4) is 11.6 Å². The highest BCUT2D eigenvalue weighted by molar-refractivity contribution is 9.10. The molecule has 2 rings (SSSR count). The number of aromatic nitrogens is 3. The number of methoxy groups -OCH3 is 1. The van der Waals surface area contributed by atoms with Gasteiger partial charge in [-0.25, -0.2) is 9.67 Å². The average Bonchev–Trinajstić information content (AvgIpc) is 2.81. The summed E-state index contributed by atoms with van der Waals surface area (Å²) in [6.45, 7) is 0. The lowest BCUT2D eigenvalue weighted by molar-refractivity contribution is -0.386. The summed E-state index contributed by atoms with van der Waals surface area (Å²) in [5.74, 6) is 0.665. The smallest absolute Gasteiger partial charge is 0.305 e. The van der Waals surface area contributed by atoms with Gasteiger partial charge in [0.05, 0.1) is 18.1 Å². The van der Waals surface area contributed by atoms with E-state index in [0.29, 0.717) is 5.82 Å². The number of rotatable bonds is 3. The summed E-state index contributed by atoms with van der Waals surface area (Å²) >= 11 is 3.05. The summed E-state index contributed by atoms with van der Waals surface area (Å²) in [6, 6.07) is 3.02. The van der Waals surface area contributed by atoms with Crippen LogP contribution in [0.25, 0.3) is 5.82 Å². The average molecular weight is 299 g/mol. The molecule has 0 saturated carbocycles. The van der Waals surface area contributed by atoms with Crippen LogP contribution in [0.3, 0.4) is 0 Å². The number of hydrogen-bond acceptors (Lipinski definition) is 5. The fourth-order valence-corrected chi connectivity index (χ4v) is 1.72. The summed E-state index contributed by atoms with van der Waals surface area (Å²) in [6.07, 6.45) is 3.25. The van der Waals surface area contributed by atoms with Gasteiger partial charge in [0, 0.05) is 12.4 Å². The maximum Gasteiger partial charge on any atom is 0.305 e. The van der Waals surface area contributed by atoms with E-state index in [4.69, 9.17) is 4.74 Å². The van der Waals surface area contributed by atoms with Crippen LogP contribution in [0.5, 0.6) is 5.75 Å². The lowest BCUT2D eigenvalue weighted by Crippen LogP contribution is -2.04. The molecule has 0 N–H and O–H groups in total. The van der Waals surface area contributed by atoms with Crippen LogP contribution < -0.4 is 4.74 Å². The van der Waals surface area contributed by atoms with Gasteiger partial charge in [0.15, 0.2) is 16.2 Å². The lowest BCUT2D eigenvalue weighted by Gasteiger charge is -2.07. The third kappa shape index (κ3) is 2.11. The van der Waals surface area contributed by atoms with Crippen molar-refractivity contribution >= 4 is 21.6 Å². The first-order valence-corrected chi connectivity index (χ1v) is 5.31. The highest BCUT2D eigenvalue weighted by Crippen LogP contribution is 2.31. The van der Waals surface area contributed by atoms with Crippen molar-refractivity contribution in [2.24, 2.45) is 0 Å². The highest BCUT2D eigenvalue weighted by atomic mass is 79.9. The zero-order valence-electron chi connectivity index (χ0n) is 8.70. The van der Waals surface area contributed by atoms with Crippen LogP contribution in [-0.4, -0.2) is 26.8 Å². The molecule has 0 bridgehead atoms. The van der Waals surface area contributed by atoms with Crippen molar-refractivity contribution in [2.75, 3.05) is 7.11 Å². The summed E-state index contributed by atoms with van der Waals surface area (Å²) < 4.78 is 6.67. The minimum absolute atomic E-state index is 0.133. The molecule has 0 atom stereocenters. The predicted octanol–water partition coefficient (Wildman–Crippen LogP) is 1.95. The molecule has 88 valence electrons. The van der Waals surface area contributed by atoms with Crippen molar-refractivity contribution in [3.05, 3.63) is 39.2 Å². The number of nitro groups is 1. The largest absolute Gasteiger partial charge is 0.493 e. The zero-order valence-corrected chi connectivity index (χ0v) is 10.3. The van der Waals surface area contributed by atoms with Crippen molar-refractivity contribution in [2.45, 2.75) is 0 Å². The van der Waals surface area contributed by atoms with E-state index < -0.39 is 4.92 Å². The monoisotopic (exact) mass is 298 g/mol. The molecule has 8 heteroatoms. The normalized spacial score (nSPS) is 10.2. The van der Waals surface area contributed by atoms with E-state index in [1.54, 1.807) is 18.5 Å². The van der Waals surface area contributed by atoms with Crippen molar-refractivity contribution in [1.82, 2.24) is 14.8 Å². The minimum atomic E-state index is -0.535. The third-order valence-corrected chi connectivity index (χ3v) is 2.63. The molecular weight excluding hydrogens is 292 g/mol. The maximum absolute atomic E-state index is 10.7. The summed E-state index contributed by atoms with van der Waals surface area (Å²) in [5, 5.41) is 14.7. The second kappa shape index (κ2) is 4.50. The van der Waals surface area contributed by atoms with Gasteiger partial charge in [-0.1, -0.05) is 0 Å². The Bertz CT molecular complexity index is 556. The fourth-order valence-electron chi connectivity index (χ4n) is 1.29. The Hall–Kier alpha value is -1.96. The van der Waals surface area contributed by atoms with E-state index in [0.717, 1.165) is 0 Å². The minimum Gasteiger partial charge on any atom is -0.493 e. The Balaban J connectivity index is 2.61. The Morgan fingerprint density at radius 2 is 2.35 bits per heavy atom. The van der Waals surface area contributed by atoms with Crippen LogP contribution >= 0.6 is 15.9 Å². The molecule has 0 radical (unpaired) electrons. The Morgan fingerprint density at radius 1 is 1.59 bits per heavy atom. The van der Waals surface area contributed by atoms with Crippen molar-refractivity contribution in [1.29, 1.82) is 0 Å². The third-order valence-electron chi connectivity index (χ3n) is 2.04. The lowest BCUT2D eigenvalue weighted by atomic mass is 10.4. The van der Waals surface area contributed by atoms with Crippen LogP contribution in [0.15, 0.2) is 29.1 Å². The van der Waals surface area contributed by atoms with Gasteiger partial charge in [-0.05, 0) is 22.0 Å². The number of ether oxygens (including phenoxy) is 1. The number of nitrogens with zero attached hydrogens (tertiary/aromatic N) is 4. The molecule has 0 aliphatic rings. The van der Waals surface area contributed by atoms with E-state index in [1.165, 1.54) is 17.9 Å². The molecule has 0 saturated heterocycles. The van der Waals surface area contributed by atoms with Gasteiger partial charge < -0.3 is 4.74 Å². The standard InChI is InChI=1S/C9H7BrN4O3/c1-17-7-5-6(14(15)16)8(10)12-9(7)13-4-2-3-11-13/h2-5H,1H3. The molecule has 7 nitrogen and oxygen atoms in total. The SMILES string of the molecule is COc1cc([N+](=O)[O-])c(Br)nc1-n1cccn1. The molecule has 0 amide bonds. The molecular formula is C9H7BrN4O3. The molecule has 2 heterocycles. The van der Waals surface area contributed by atoms with Gasteiger partial charge >= 0.3 is 5.69 Å². The van der Waals surface area contributed by atoms with Gasteiger partial charge in [-0.2, -0.15) is 5.10 Å². The molecule has 2 aromatic heterocycles. The van der Waals surface area contributed by atoms with Gasteiger partial charge in [0.1, 0.15) is 0 Å². The van der Waals surface area contributed by atoms with Gasteiger partial charge in [-0.15, -0.1) is 0 Å². The Kier molecular flexibility index (Phi) is 3.05. The van der Waals surface area contributed by atoms with Gasteiger partial charge in [0.25, 0.3) is 0 Å². The van der Waals surface area contributed by atoms with Gasteiger partial charge in [0.2, 0.25) is 0 Å². The van der Waals surface area contributed by atoms with Crippen molar-refractivity contribution < 1.29 is 9.66 Å². The molecule has 17 heavy (non-hydrogen) atoms. The van der Waals surface area contributed by atoms with Gasteiger partial charge in [-0.3, -0.25) is 10.1 Å².